The van der Waals surface area contributed by atoms with Crippen LogP contribution in [-0.2, 0) is 0 Å². The molecule has 0 unspecified atom stereocenters. The van der Waals surface area contributed by atoms with E-state index in [-0.39, 0.29) is 6.03 Å². The molecule has 0 aliphatic carbocycles. The van der Waals surface area contributed by atoms with Gasteiger partial charge in [-0.3, -0.25) is 0 Å². The van der Waals surface area contributed by atoms with Crippen LogP contribution in [0.2, 0.25) is 0 Å². The van der Waals surface area contributed by atoms with Crippen molar-refractivity contribution in [3.8, 4) is 0 Å². The Morgan fingerprint density at radius 3 is 2.71 bits per heavy atom. The van der Waals surface area contributed by atoms with Crippen molar-refractivity contribution in [1.82, 2.24) is 9.78 Å². The molecule has 1 aromatic carbocycles. The molecule has 0 fully saturated rings. The number of amides is 1. The third kappa shape index (κ3) is 3.46. The van der Waals surface area contributed by atoms with E-state index < -0.39 is 0 Å². The molecule has 1 amide bonds. The predicted octanol–water partition coefficient (Wildman–Crippen LogP) is 4.20. The number of hydrogen-bond acceptors (Lipinski definition) is 3. The van der Waals surface area contributed by atoms with Crippen LogP contribution in [-0.4, -0.2) is 15.8 Å². The van der Waals surface area contributed by atoms with Gasteiger partial charge in [0.2, 0.25) is 0 Å². The summed E-state index contributed by atoms with van der Waals surface area (Å²) in [6, 6.07) is 14.8. The van der Waals surface area contributed by atoms with Crippen molar-refractivity contribution in [3.05, 3.63) is 70.7 Å². The van der Waals surface area contributed by atoms with Gasteiger partial charge >= 0.3 is 6.03 Å². The summed E-state index contributed by atoms with van der Waals surface area (Å²) in [5.74, 6) is 0. The lowest BCUT2D eigenvalue weighted by Gasteiger charge is -2.03. The summed E-state index contributed by atoms with van der Waals surface area (Å²) < 4.78 is 1.29. The molecule has 4 nitrogen and oxygen atoms in total. The second-order valence-corrected chi connectivity index (χ2v) is 5.31. The number of anilines is 1. The number of benzene rings is 1. The number of carbonyl (C=O) groups excluding carboxylic acids is 1. The van der Waals surface area contributed by atoms with Crippen LogP contribution in [0.15, 0.2) is 60.1 Å². The van der Waals surface area contributed by atoms with Crippen molar-refractivity contribution in [2.75, 3.05) is 5.32 Å². The van der Waals surface area contributed by atoms with Crippen molar-refractivity contribution in [2.45, 2.75) is 0 Å². The van der Waals surface area contributed by atoms with Crippen LogP contribution in [0.25, 0.3) is 12.2 Å². The first kappa shape index (κ1) is 13.3. The number of para-hydroxylation sites is 1. The van der Waals surface area contributed by atoms with Gasteiger partial charge in [-0.25, -0.2) is 4.79 Å². The molecule has 2 heterocycles. The van der Waals surface area contributed by atoms with Crippen LogP contribution in [0.4, 0.5) is 10.5 Å². The third-order valence-corrected chi connectivity index (χ3v) is 3.64. The van der Waals surface area contributed by atoms with Crippen LogP contribution in [0.5, 0.6) is 0 Å². The Kier molecular flexibility index (Phi) is 3.93. The van der Waals surface area contributed by atoms with Crippen LogP contribution >= 0.6 is 11.3 Å². The molecule has 3 aromatic rings. The molecule has 21 heavy (non-hydrogen) atoms. The Labute approximate surface area is 126 Å². The van der Waals surface area contributed by atoms with Crippen molar-refractivity contribution < 1.29 is 4.79 Å². The molecule has 5 heteroatoms. The summed E-state index contributed by atoms with van der Waals surface area (Å²) in [6.07, 6.45) is 5.51. The van der Waals surface area contributed by atoms with E-state index >= 15 is 0 Å². The standard InChI is InChI=1S/C16H13N3OS/c20-16(17-13-5-2-1-3-6-13)19-11-10-14(18-19)8-9-15-7-4-12-21-15/h1-12H,(H,17,20)/b9-8+. The Morgan fingerprint density at radius 2 is 1.95 bits per heavy atom. The Balaban J connectivity index is 1.68. The van der Waals surface area contributed by atoms with E-state index in [2.05, 4.69) is 10.4 Å². The van der Waals surface area contributed by atoms with Gasteiger partial charge in [0.1, 0.15) is 0 Å². The van der Waals surface area contributed by atoms with E-state index in [1.807, 2.05) is 60.0 Å². The average Bonchev–Trinajstić information content (AvgIpc) is 3.18. The van der Waals surface area contributed by atoms with Gasteiger partial charge in [-0.2, -0.15) is 9.78 Å². The highest BCUT2D eigenvalue weighted by Gasteiger charge is 2.06. The molecule has 3 rings (SSSR count). The van der Waals surface area contributed by atoms with E-state index in [4.69, 9.17) is 0 Å². The summed E-state index contributed by atoms with van der Waals surface area (Å²) in [5, 5.41) is 9.03. The molecule has 0 spiro atoms. The summed E-state index contributed by atoms with van der Waals surface area (Å²) in [5.41, 5.74) is 1.49. The predicted molar refractivity (Wildman–Crippen MR) is 86.3 cm³/mol. The Bertz CT molecular complexity index is 745. The van der Waals surface area contributed by atoms with E-state index in [1.165, 1.54) is 4.68 Å². The summed E-state index contributed by atoms with van der Waals surface area (Å²) in [6.45, 7) is 0. The first-order valence-electron chi connectivity index (χ1n) is 6.45. The molecule has 0 aliphatic rings. The summed E-state index contributed by atoms with van der Waals surface area (Å²) in [4.78, 5) is 13.2. The second-order valence-electron chi connectivity index (χ2n) is 4.33. The maximum atomic E-state index is 12.0. The smallest absolute Gasteiger partial charge is 0.306 e. The summed E-state index contributed by atoms with van der Waals surface area (Å²) in [7, 11) is 0. The van der Waals surface area contributed by atoms with Crippen molar-refractivity contribution >= 4 is 35.2 Å². The minimum atomic E-state index is -0.281. The van der Waals surface area contributed by atoms with Crippen molar-refractivity contribution in [3.63, 3.8) is 0 Å². The van der Waals surface area contributed by atoms with Crippen LogP contribution in [0.1, 0.15) is 10.6 Å². The summed E-state index contributed by atoms with van der Waals surface area (Å²) >= 11 is 1.66. The number of nitrogens with one attached hydrogen (secondary N) is 1. The molecule has 0 atom stereocenters. The maximum Gasteiger partial charge on any atom is 0.346 e. The maximum absolute atomic E-state index is 12.0. The molecule has 0 saturated carbocycles. The zero-order valence-electron chi connectivity index (χ0n) is 11.1. The molecular formula is C16H13N3OS. The minimum absolute atomic E-state index is 0.281. The fourth-order valence-electron chi connectivity index (χ4n) is 1.80. The molecule has 0 bridgehead atoms. The third-order valence-electron chi connectivity index (χ3n) is 2.80. The number of carbonyl (C=O) groups is 1. The number of hydrogen-bond donors (Lipinski definition) is 1. The topological polar surface area (TPSA) is 46.9 Å². The highest BCUT2D eigenvalue weighted by molar-refractivity contribution is 7.10. The lowest BCUT2D eigenvalue weighted by Crippen LogP contribution is -2.19. The molecule has 1 N–H and O–H groups in total. The molecule has 2 aromatic heterocycles. The average molecular weight is 295 g/mol. The van der Waals surface area contributed by atoms with Gasteiger partial charge in [-0.15, -0.1) is 11.3 Å². The monoisotopic (exact) mass is 295 g/mol. The van der Waals surface area contributed by atoms with Gasteiger partial charge in [-0.1, -0.05) is 24.3 Å². The fourth-order valence-corrected chi connectivity index (χ4v) is 2.41. The molecule has 0 aliphatic heterocycles. The van der Waals surface area contributed by atoms with Gasteiger partial charge < -0.3 is 5.32 Å². The molecule has 0 saturated heterocycles. The van der Waals surface area contributed by atoms with Crippen LogP contribution in [0.3, 0.4) is 0 Å². The SMILES string of the molecule is O=C(Nc1ccccc1)n1ccc(/C=C/c2cccs2)n1. The lowest BCUT2D eigenvalue weighted by atomic mass is 10.3. The second kappa shape index (κ2) is 6.19. The molecule has 0 radical (unpaired) electrons. The van der Waals surface area contributed by atoms with E-state index in [0.717, 1.165) is 16.3 Å². The van der Waals surface area contributed by atoms with Gasteiger partial charge in [0.05, 0.1) is 5.69 Å². The van der Waals surface area contributed by atoms with E-state index in [0.29, 0.717) is 0 Å². The quantitative estimate of drug-likeness (QED) is 0.787. The van der Waals surface area contributed by atoms with Crippen molar-refractivity contribution in [2.24, 2.45) is 0 Å². The van der Waals surface area contributed by atoms with Crippen LogP contribution < -0.4 is 5.32 Å². The van der Waals surface area contributed by atoms with Crippen LogP contribution in [0, 0.1) is 0 Å². The Morgan fingerprint density at radius 1 is 1.10 bits per heavy atom. The van der Waals surface area contributed by atoms with E-state index in [1.54, 1.807) is 23.6 Å². The van der Waals surface area contributed by atoms with Gasteiger partial charge in [0.15, 0.2) is 0 Å². The minimum Gasteiger partial charge on any atom is -0.306 e. The van der Waals surface area contributed by atoms with Gasteiger partial charge in [-0.05, 0) is 41.8 Å². The lowest BCUT2D eigenvalue weighted by molar-refractivity contribution is 0.251. The number of rotatable bonds is 3. The highest BCUT2D eigenvalue weighted by Crippen LogP contribution is 2.12. The molecule has 104 valence electrons. The largest absolute Gasteiger partial charge is 0.346 e. The molecular weight excluding hydrogens is 282 g/mol. The van der Waals surface area contributed by atoms with Crippen molar-refractivity contribution in [1.29, 1.82) is 0 Å². The normalized spacial score (nSPS) is 10.9. The number of aromatic nitrogens is 2. The zero-order chi connectivity index (χ0) is 14.5. The van der Waals surface area contributed by atoms with Gasteiger partial charge in [0, 0.05) is 16.8 Å². The first-order valence-corrected chi connectivity index (χ1v) is 7.33. The number of thiophene rings is 1. The van der Waals surface area contributed by atoms with Gasteiger partial charge in [0.25, 0.3) is 0 Å². The first-order chi connectivity index (χ1) is 10.3. The highest BCUT2D eigenvalue weighted by atomic mass is 32.1. The fraction of sp³-hybridized carbons (Fsp3) is 0. The zero-order valence-corrected chi connectivity index (χ0v) is 12.0. The van der Waals surface area contributed by atoms with E-state index in [9.17, 15) is 4.79 Å². The number of nitrogens with zero attached hydrogens (tertiary/aromatic N) is 2. The Hall–Kier alpha value is -2.66.